The van der Waals surface area contributed by atoms with Crippen LogP contribution >= 0.6 is 0 Å². The van der Waals surface area contributed by atoms with E-state index in [9.17, 15) is 8.78 Å². The first kappa shape index (κ1) is 11.0. The first-order valence-electron chi connectivity index (χ1n) is 6.00. The van der Waals surface area contributed by atoms with Crippen LogP contribution in [0, 0.1) is 11.6 Å². The van der Waals surface area contributed by atoms with Crippen molar-refractivity contribution in [3.05, 3.63) is 28.8 Å². The highest BCUT2D eigenvalue weighted by Gasteiger charge is 2.38. The lowest BCUT2D eigenvalue weighted by Crippen LogP contribution is -2.22. The third-order valence-electron chi connectivity index (χ3n) is 3.75. The molecule has 1 fully saturated rings. The number of ether oxygens (including phenoxy) is 1. The summed E-state index contributed by atoms with van der Waals surface area (Å²) in [4.78, 5) is 0. The van der Waals surface area contributed by atoms with Crippen molar-refractivity contribution in [3.63, 3.8) is 0 Å². The minimum atomic E-state index is -0.507. The van der Waals surface area contributed by atoms with Crippen LogP contribution in [0.4, 0.5) is 8.78 Å². The summed E-state index contributed by atoms with van der Waals surface area (Å²) in [6, 6.07) is 1.30. The summed E-state index contributed by atoms with van der Waals surface area (Å²) >= 11 is 0. The molecule has 1 aromatic rings. The van der Waals surface area contributed by atoms with E-state index in [-0.39, 0.29) is 11.1 Å². The van der Waals surface area contributed by atoms with E-state index in [0.717, 1.165) is 12.8 Å². The molecular formula is C13H15F2NO. The van der Waals surface area contributed by atoms with Gasteiger partial charge in [-0.3, -0.25) is 0 Å². The van der Waals surface area contributed by atoms with E-state index < -0.39 is 11.6 Å². The Kier molecular flexibility index (Phi) is 2.36. The number of hydrogen-bond donors (Lipinski definition) is 1. The van der Waals surface area contributed by atoms with E-state index in [1.165, 1.54) is 6.07 Å². The van der Waals surface area contributed by atoms with Crippen LogP contribution in [-0.4, -0.2) is 12.1 Å². The quantitative estimate of drug-likeness (QED) is 0.878. The molecule has 0 unspecified atom stereocenters. The van der Waals surface area contributed by atoms with Crippen LogP contribution in [0.25, 0.3) is 0 Å². The standard InChI is InChI=1S/C13H15F2NO/c14-10-7-11-9(2-6-17-11)12(15)8(10)1-3-13(16)4-5-13/h7H,1-6,16H2. The van der Waals surface area contributed by atoms with E-state index >= 15 is 0 Å². The van der Waals surface area contributed by atoms with Gasteiger partial charge in [-0.1, -0.05) is 0 Å². The minimum absolute atomic E-state index is 0.172. The Morgan fingerprint density at radius 3 is 2.82 bits per heavy atom. The minimum Gasteiger partial charge on any atom is -0.493 e. The van der Waals surface area contributed by atoms with Gasteiger partial charge in [-0.05, 0) is 25.7 Å². The molecule has 0 bridgehead atoms. The Morgan fingerprint density at radius 1 is 1.35 bits per heavy atom. The number of nitrogens with two attached hydrogens (primary N) is 1. The fraction of sp³-hybridized carbons (Fsp3) is 0.538. The van der Waals surface area contributed by atoms with Crippen molar-refractivity contribution in [2.75, 3.05) is 6.61 Å². The first-order valence-corrected chi connectivity index (χ1v) is 6.00. The number of halogens is 2. The first-order chi connectivity index (χ1) is 8.09. The summed E-state index contributed by atoms with van der Waals surface area (Å²) in [5.74, 6) is -0.577. The Balaban J connectivity index is 1.88. The van der Waals surface area contributed by atoms with Gasteiger partial charge in [0.15, 0.2) is 0 Å². The molecule has 4 heteroatoms. The molecule has 1 heterocycles. The van der Waals surface area contributed by atoms with Crippen molar-refractivity contribution in [2.24, 2.45) is 5.73 Å². The average molecular weight is 239 g/mol. The fourth-order valence-electron chi connectivity index (χ4n) is 2.32. The molecule has 17 heavy (non-hydrogen) atoms. The van der Waals surface area contributed by atoms with Crippen LogP contribution in [0.3, 0.4) is 0 Å². The highest BCUT2D eigenvalue weighted by molar-refractivity contribution is 5.42. The summed E-state index contributed by atoms with van der Waals surface area (Å²) in [7, 11) is 0. The molecule has 1 aliphatic heterocycles. The Labute approximate surface area is 98.8 Å². The number of hydrogen-bond acceptors (Lipinski definition) is 2. The molecule has 2 nitrogen and oxygen atoms in total. The zero-order valence-corrected chi connectivity index (χ0v) is 9.56. The van der Waals surface area contributed by atoms with Gasteiger partial charge in [0.25, 0.3) is 0 Å². The molecule has 0 aromatic heterocycles. The van der Waals surface area contributed by atoms with E-state index in [1.807, 2.05) is 0 Å². The monoisotopic (exact) mass is 239 g/mol. The lowest BCUT2D eigenvalue weighted by atomic mass is 10.00. The molecule has 0 atom stereocenters. The smallest absolute Gasteiger partial charge is 0.136 e. The predicted molar refractivity (Wildman–Crippen MR) is 60.0 cm³/mol. The fourth-order valence-corrected chi connectivity index (χ4v) is 2.32. The molecule has 0 spiro atoms. The van der Waals surface area contributed by atoms with Gasteiger partial charge in [0.05, 0.1) is 6.61 Å². The second-order valence-electron chi connectivity index (χ2n) is 5.09. The molecule has 0 saturated heterocycles. The molecule has 1 aliphatic carbocycles. The number of benzene rings is 1. The third-order valence-corrected chi connectivity index (χ3v) is 3.75. The maximum absolute atomic E-state index is 14.1. The van der Waals surface area contributed by atoms with Gasteiger partial charge in [-0.25, -0.2) is 8.78 Å². The Bertz CT molecular complexity index is 469. The molecule has 0 amide bonds. The van der Waals surface area contributed by atoms with Crippen LogP contribution < -0.4 is 10.5 Å². The zero-order chi connectivity index (χ0) is 12.0. The van der Waals surface area contributed by atoms with Crippen molar-refractivity contribution < 1.29 is 13.5 Å². The highest BCUT2D eigenvalue weighted by atomic mass is 19.1. The Hall–Kier alpha value is -1.16. The van der Waals surface area contributed by atoms with Crippen LogP contribution in [0.1, 0.15) is 30.4 Å². The molecule has 3 rings (SSSR count). The molecule has 92 valence electrons. The van der Waals surface area contributed by atoms with Gasteiger partial charge in [0, 0.05) is 29.2 Å². The number of fused-ring (bicyclic) bond motifs is 1. The second kappa shape index (κ2) is 3.67. The molecule has 2 aliphatic rings. The van der Waals surface area contributed by atoms with Crippen LogP contribution in [0.5, 0.6) is 5.75 Å². The maximum atomic E-state index is 14.1. The maximum Gasteiger partial charge on any atom is 0.136 e. The van der Waals surface area contributed by atoms with E-state index in [2.05, 4.69) is 0 Å². The third kappa shape index (κ3) is 1.90. The summed E-state index contributed by atoms with van der Waals surface area (Å²) in [6.45, 7) is 0.440. The SMILES string of the molecule is NC1(CCc2c(F)cc3c(c2F)CCO3)CC1. The van der Waals surface area contributed by atoms with Crippen LogP contribution in [0.15, 0.2) is 6.07 Å². The van der Waals surface area contributed by atoms with Crippen molar-refractivity contribution in [1.82, 2.24) is 0 Å². The largest absolute Gasteiger partial charge is 0.493 e. The van der Waals surface area contributed by atoms with Crippen LogP contribution in [-0.2, 0) is 12.8 Å². The molecule has 2 N–H and O–H groups in total. The van der Waals surface area contributed by atoms with E-state index in [4.69, 9.17) is 10.5 Å². The lowest BCUT2D eigenvalue weighted by molar-refractivity contribution is 0.355. The van der Waals surface area contributed by atoms with Gasteiger partial charge >= 0.3 is 0 Å². The van der Waals surface area contributed by atoms with Gasteiger partial charge in [-0.2, -0.15) is 0 Å². The molecule has 1 saturated carbocycles. The van der Waals surface area contributed by atoms with E-state index in [1.54, 1.807) is 0 Å². The van der Waals surface area contributed by atoms with Gasteiger partial charge in [-0.15, -0.1) is 0 Å². The normalized spacial score (nSPS) is 19.9. The molecule has 0 radical (unpaired) electrons. The second-order valence-corrected chi connectivity index (χ2v) is 5.09. The highest BCUT2D eigenvalue weighted by Crippen LogP contribution is 2.38. The summed E-state index contributed by atoms with van der Waals surface area (Å²) in [5.41, 5.74) is 6.45. The van der Waals surface area contributed by atoms with Gasteiger partial charge < -0.3 is 10.5 Å². The van der Waals surface area contributed by atoms with Crippen molar-refractivity contribution in [3.8, 4) is 5.75 Å². The molecular weight excluding hydrogens is 224 g/mol. The van der Waals surface area contributed by atoms with E-state index in [0.29, 0.717) is 37.2 Å². The topological polar surface area (TPSA) is 35.2 Å². The zero-order valence-electron chi connectivity index (χ0n) is 9.56. The summed E-state index contributed by atoms with van der Waals surface area (Å²) < 4.78 is 33.0. The number of rotatable bonds is 3. The Morgan fingerprint density at radius 2 is 2.12 bits per heavy atom. The molecule has 1 aromatic carbocycles. The summed E-state index contributed by atoms with van der Waals surface area (Å²) in [5, 5.41) is 0. The van der Waals surface area contributed by atoms with Gasteiger partial charge in [0.1, 0.15) is 17.4 Å². The van der Waals surface area contributed by atoms with Crippen molar-refractivity contribution in [2.45, 2.75) is 37.6 Å². The average Bonchev–Trinajstić information content (AvgIpc) is 2.84. The lowest BCUT2D eigenvalue weighted by Gasteiger charge is -2.11. The predicted octanol–water partition coefficient (Wildman–Crippen LogP) is 2.32. The van der Waals surface area contributed by atoms with Crippen LogP contribution in [0.2, 0.25) is 0 Å². The van der Waals surface area contributed by atoms with Crippen molar-refractivity contribution >= 4 is 0 Å². The van der Waals surface area contributed by atoms with Crippen molar-refractivity contribution in [1.29, 1.82) is 0 Å². The van der Waals surface area contributed by atoms with Gasteiger partial charge in [0.2, 0.25) is 0 Å². The summed E-state index contributed by atoms with van der Waals surface area (Å²) in [6.07, 6.45) is 3.48.